The van der Waals surface area contributed by atoms with Crippen LogP contribution in [0.5, 0.6) is 5.75 Å². The first-order chi connectivity index (χ1) is 14.5. The van der Waals surface area contributed by atoms with Crippen molar-refractivity contribution in [2.24, 2.45) is 0 Å². The van der Waals surface area contributed by atoms with E-state index >= 15 is 0 Å². The Labute approximate surface area is 176 Å². The average molecular weight is 400 g/mol. The Hall–Kier alpha value is -3.86. The molecule has 0 saturated carbocycles. The molecule has 3 aromatic rings. The van der Waals surface area contributed by atoms with Crippen molar-refractivity contribution in [3.8, 4) is 5.75 Å². The van der Waals surface area contributed by atoms with Crippen LogP contribution in [0.3, 0.4) is 0 Å². The molecule has 5 heteroatoms. The van der Waals surface area contributed by atoms with Crippen LogP contribution < -0.4 is 15.4 Å². The highest BCUT2D eigenvalue weighted by Crippen LogP contribution is 2.21. The largest absolute Gasteiger partial charge is 0.494 e. The highest BCUT2D eigenvalue weighted by molar-refractivity contribution is 6.05. The predicted molar refractivity (Wildman–Crippen MR) is 121 cm³/mol. The van der Waals surface area contributed by atoms with Crippen LogP contribution in [0.15, 0.2) is 78.9 Å². The third-order valence-corrected chi connectivity index (χ3v) is 4.40. The van der Waals surface area contributed by atoms with E-state index in [0.29, 0.717) is 23.5 Å². The third kappa shape index (κ3) is 5.82. The lowest BCUT2D eigenvalue weighted by Crippen LogP contribution is -2.13. The van der Waals surface area contributed by atoms with Crippen molar-refractivity contribution < 1.29 is 14.3 Å². The number of benzene rings is 3. The number of anilines is 2. The van der Waals surface area contributed by atoms with Crippen molar-refractivity contribution in [1.82, 2.24) is 0 Å². The summed E-state index contributed by atoms with van der Waals surface area (Å²) in [6.07, 6.45) is 3.22. The second-order valence-electron chi connectivity index (χ2n) is 6.67. The van der Waals surface area contributed by atoms with E-state index in [1.54, 1.807) is 30.3 Å². The molecule has 0 saturated heterocycles. The molecule has 152 valence electrons. The Kier molecular flexibility index (Phi) is 7.00. The molecule has 3 aromatic carbocycles. The zero-order chi connectivity index (χ0) is 21.3. The Morgan fingerprint density at radius 1 is 0.933 bits per heavy atom. The minimum Gasteiger partial charge on any atom is -0.494 e. The lowest BCUT2D eigenvalue weighted by molar-refractivity contribution is -0.111. The van der Waals surface area contributed by atoms with Crippen molar-refractivity contribution in [2.75, 3.05) is 17.2 Å². The molecule has 0 aliphatic rings. The molecule has 0 aliphatic carbocycles. The molecule has 0 bridgehead atoms. The summed E-state index contributed by atoms with van der Waals surface area (Å²) in [7, 11) is 0. The molecule has 0 spiro atoms. The average Bonchev–Trinajstić information content (AvgIpc) is 2.76. The summed E-state index contributed by atoms with van der Waals surface area (Å²) in [5, 5.41) is 5.73. The maximum Gasteiger partial charge on any atom is 0.255 e. The van der Waals surface area contributed by atoms with Gasteiger partial charge in [-0.2, -0.15) is 0 Å². The lowest BCUT2D eigenvalue weighted by atomic mass is 10.1. The second kappa shape index (κ2) is 10.1. The number of hydrogen-bond acceptors (Lipinski definition) is 3. The van der Waals surface area contributed by atoms with E-state index in [0.717, 1.165) is 16.9 Å². The van der Waals surface area contributed by atoms with Crippen LogP contribution in [0.2, 0.25) is 0 Å². The first-order valence-corrected chi connectivity index (χ1v) is 9.74. The van der Waals surface area contributed by atoms with E-state index < -0.39 is 0 Å². The summed E-state index contributed by atoms with van der Waals surface area (Å²) in [4.78, 5) is 24.5. The van der Waals surface area contributed by atoms with Gasteiger partial charge in [0.25, 0.3) is 5.91 Å². The molecule has 0 heterocycles. The van der Waals surface area contributed by atoms with Gasteiger partial charge in [0.15, 0.2) is 0 Å². The highest BCUT2D eigenvalue weighted by Gasteiger charge is 2.08. The van der Waals surface area contributed by atoms with Crippen molar-refractivity contribution in [2.45, 2.75) is 13.8 Å². The molecule has 0 aliphatic heterocycles. The number of carbonyl (C=O) groups excluding carboxylic acids is 2. The Balaban J connectivity index is 1.59. The quantitative estimate of drug-likeness (QED) is 0.529. The fourth-order valence-electron chi connectivity index (χ4n) is 2.86. The van der Waals surface area contributed by atoms with Gasteiger partial charge in [-0.25, -0.2) is 0 Å². The highest BCUT2D eigenvalue weighted by atomic mass is 16.5. The van der Waals surface area contributed by atoms with Crippen LogP contribution in [0.25, 0.3) is 6.08 Å². The van der Waals surface area contributed by atoms with Gasteiger partial charge in [-0.05, 0) is 73.5 Å². The topological polar surface area (TPSA) is 67.4 Å². The molecule has 3 rings (SSSR count). The number of rotatable bonds is 7. The number of ether oxygens (including phenoxy) is 1. The van der Waals surface area contributed by atoms with Crippen molar-refractivity contribution >= 4 is 29.3 Å². The monoisotopic (exact) mass is 400 g/mol. The molecule has 0 unspecified atom stereocenters. The SMILES string of the molecule is CCOc1ccc(/C=C/C(=O)Nc2ccc(NC(=O)c3ccccc3)c(C)c2)cc1. The van der Waals surface area contributed by atoms with Gasteiger partial charge in [0.1, 0.15) is 5.75 Å². The van der Waals surface area contributed by atoms with Crippen molar-refractivity contribution in [3.63, 3.8) is 0 Å². The van der Waals surface area contributed by atoms with E-state index in [4.69, 9.17) is 4.74 Å². The first-order valence-electron chi connectivity index (χ1n) is 9.74. The molecule has 5 nitrogen and oxygen atoms in total. The van der Waals surface area contributed by atoms with Gasteiger partial charge in [-0.1, -0.05) is 30.3 Å². The molecule has 30 heavy (non-hydrogen) atoms. The van der Waals surface area contributed by atoms with E-state index in [9.17, 15) is 9.59 Å². The van der Waals surface area contributed by atoms with Crippen molar-refractivity contribution in [3.05, 3.63) is 95.6 Å². The Morgan fingerprint density at radius 3 is 2.33 bits per heavy atom. The smallest absolute Gasteiger partial charge is 0.255 e. The number of amides is 2. The molecule has 2 N–H and O–H groups in total. The molecule has 0 aromatic heterocycles. The third-order valence-electron chi connectivity index (χ3n) is 4.40. The molecule has 0 fully saturated rings. The van der Waals surface area contributed by atoms with E-state index in [2.05, 4.69) is 10.6 Å². The summed E-state index contributed by atoms with van der Waals surface area (Å²) in [5.41, 5.74) is 3.71. The van der Waals surface area contributed by atoms with Crippen LogP contribution in [0, 0.1) is 6.92 Å². The van der Waals surface area contributed by atoms with E-state index in [1.165, 1.54) is 6.08 Å². The molecular weight excluding hydrogens is 376 g/mol. The van der Waals surface area contributed by atoms with Gasteiger partial charge in [0.2, 0.25) is 5.91 Å². The summed E-state index contributed by atoms with van der Waals surface area (Å²) in [5.74, 6) is 0.396. The molecule has 0 radical (unpaired) electrons. The first kappa shape index (κ1) is 20.9. The lowest BCUT2D eigenvalue weighted by Gasteiger charge is -2.11. The van der Waals surface area contributed by atoms with Gasteiger partial charge in [0.05, 0.1) is 6.61 Å². The van der Waals surface area contributed by atoms with Crippen LogP contribution in [0.1, 0.15) is 28.4 Å². The van der Waals surface area contributed by atoms with Crippen LogP contribution in [0.4, 0.5) is 11.4 Å². The number of hydrogen-bond donors (Lipinski definition) is 2. The number of nitrogens with one attached hydrogen (secondary N) is 2. The fraction of sp³-hybridized carbons (Fsp3) is 0.120. The van der Waals surface area contributed by atoms with Gasteiger partial charge in [-0.3, -0.25) is 9.59 Å². The van der Waals surface area contributed by atoms with E-state index in [-0.39, 0.29) is 11.8 Å². The summed E-state index contributed by atoms with van der Waals surface area (Å²) >= 11 is 0. The van der Waals surface area contributed by atoms with E-state index in [1.807, 2.05) is 62.4 Å². The number of aryl methyl sites for hydroxylation is 1. The molecular formula is C25H24N2O3. The minimum absolute atomic E-state index is 0.172. The maximum absolute atomic E-state index is 12.3. The normalized spacial score (nSPS) is 10.6. The summed E-state index contributed by atoms with van der Waals surface area (Å²) in [6.45, 7) is 4.43. The summed E-state index contributed by atoms with van der Waals surface area (Å²) in [6, 6.07) is 21.9. The van der Waals surface area contributed by atoms with Crippen molar-refractivity contribution in [1.29, 1.82) is 0 Å². The minimum atomic E-state index is -0.232. The molecule has 2 amide bonds. The predicted octanol–water partition coefficient (Wildman–Crippen LogP) is 5.30. The van der Waals surface area contributed by atoms with Crippen LogP contribution in [-0.4, -0.2) is 18.4 Å². The van der Waals surface area contributed by atoms with Gasteiger partial charge < -0.3 is 15.4 Å². The van der Waals surface area contributed by atoms with Gasteiger partial charge in [0, 0.05) is 23.0 Å². The summed E-state index contributed by atoms with van der Waals surface area (Å²) < 4.78 is 5.41. The standard InChI is InChI=1S/C25H24N2O3/c1-3-30-22-13-9-19(10-14-22)11-16-24(28)26-21-12-15-23(18(2)17-21)27-25(29)20-7-5-4-6-8-20/h4-17H,3H2,1-2H3,(H,26,28)(H,27,29)/b16-11+. The maximum atomic E-state index is 12.3. The van der Waals surface area contributed by atoms with Gasteiger partial charge in [-0.15, -0.1) is 0 Å². The Morgan fingerprint density at radius 2 is 1.67 bits per heavy atom. The fourth-order valence-corrected chi connectivity index (χ4v) is 2.86. The Bertz CT molecular complexity index is 1040. The van der Waals surface area contributed by atoms with Gasteiger partial charge >= 0.3 is 0 Å². The molecule has 0 atom stereocenters. The zero-order valence-corrected chi connectivity index (χ0v) is 17.0. The second-order valence-corrected chi connectivity index (χ2v) is 6.67. The van der Waals surface area contributed by atoms with Crippen LogP contribution in [-0.2, 0) is 4.79 Å². The number of carbonyl (C=O) groups is 2. The zero-order valence-electron chi connectivity index (χ0n) is 17.0. The van der Waals surface area contributed by atoms with Crippen LogP contribution >= 0.6 is 0 Å².